The molecule has 2 N–H and O–H groups in total. The lowest BCUT2D eigenvalue weighted by Crippen LogP contribution is -2.23. The number of anilines is 2. The third kappa shape index (κ3) is 2.59. The van der Waals surface area contributed by atoms with Crippen molar-refractivity contribution in [2.24, 2.45) is 0 Å². The Morgan fingerprint density at radius 2 is 2.33 bits per heavy atom. The fourth-order valence-corrected chi connectivity index (χ4v) is 2.29. The molecule has 2 heterocycles. The second kappa shape index (κ2) is 5.17. The van der Waals surface area contributed by atoms with E-state index in [1.165, 1.54) is 11.0 Å². The normalized spacial score (nSPS) is 16.5. The summed E-state index contributed by atoms with van der Waals surface area (Å²) in [5.41, 5.74) is 1.52. The Morgan fingerprint density at radius 3 is 3.10 bits per heavy atom. The summed E-state index contributed by atoms with van der Waals surface area (Å²) in [6.45, 7) is 1.88. The van der Waals surface area contributed by atoms with E-state index in [4.69, 9.17) is 11.6 Å². The lowest BCUT2D eigenvalue weighted by atomic mass is 10.2. The van der Waals surface area contributed by atoms with Gasteiger partial charge in [-0.15, -0.1) is 0 Å². The largest absolute Gasteiger partial charge is 0.326 e. The number of nitrogens with one attached hydrogen (secondary N) is 2. The molecule has 0 aliphatic carbocycles. The fraction of sp³-hybridized carbons (Fsp3) is 0.231. The Hall–Kier alpha value is -2.41. The number of fused-ring (bicyclic) bond motifs is 1. The van der Waals surface area contributed by atoms with E-state index >= 15 is 0 Å². The first-order valence-electron chi connectivity index (χ1n) is 6.31. The molecule has 7 nitrogen and oxygen atoms in total. The summed E-state index contributed by atoms with van der Waals surface area (Å²) in [6.07, 6.45) is 1.31. The smallest absolute Gasteiger partial charge is 0.252 e. The second-order valence-corrected chi connectivity index (χ2v) is 5.16. The Labute approximate surface area is 125 Å². The van der Waals surface area contributed by atoms with Gasteiger partial charge in [0, 0.05) is 10.7 Å². The number of halogens is 1. The molecule has 2 amide bonds. The number of carbonyl (C=O) groups is 2. The summed E-state index contributed by atoms with van der Waals surface area (Å²) in [7, 11) is 0. The lowest BCUT2D eigenvalue weighted by molar-refractivity contribution is -0.123. The molecule has 108 valence electrons. The van der Waals surface area contributed by atoms with Crippen molar-refractivity contribution in [1.82, 2.24) is 14.8 Å². The van der Waals surface area contributed by atoms with Crippen LogP contribution in [0.25, 0.3) is 0 Å². The Morgan fingerprint density at radius 1 is 1.52 bits per heavy atom. The highest BCUT2D eigenvalue weighted by Crippen LogP contribution is 2.25. The van der Waals surface area contributed by atoms with E-state index in [9.17, 15) is 9.59 Å². The molecule has 1 aliphatic rings. The van der Waals surface area contributed by atoms with Crippen molar-refractivity contribution in [1.29, 1.82) is 0 Å². The van der Waals surface area contributed by atoms with Crippen LogP contribution in [0.4, 0.5) is 11.6 Å². The van der Waals surface area contributed by atoms with E-state index in [2.05, 4.69) is 20.7 Å². The van der Waals surface area contributed by atoms with Crippen molar-refractivity contribution in [3.8, 4) is 0 Å². The number of hydrogen-bond donors (Lipinski definition) is 2. The van der Waals surface area contributed by atoms with Gasteiger partial charge in [0.15, 0.2) is 0 Å². The minimum atomic E-state index is -0.677. The van der Waals surface area contributed by atoms with Crippen LogP contribution >= 0.6 is 11.6 Å². The van der Waals surface area contributed by atoms with Gasteiger partial charge in [-0.3, -0.25) is 14.9 Å². The third-order valence-corrected chi connectivity index (χ3v) is 3.65. The molecule has 1 aromatic heterocycles. The van der Waals surface area contributed by atoms with Gasteiger partial charge in [0.2, 0.25) is 11.9 Å². The van der Waals surface area contributed by atoms with Crippen LogP contribution in [0, 0.1) is 6.92 Å². The molecule has 3 rings (SSSR count). The molecule has 0 radical (unpaired) electrons. The van der Waals surface area contributed by atoms with Gasteiger partial charge in [-0.05, 0) is 24.6 Å². The first-order chi connectivity index (χ1) is 10.0. The van der Waals surface area contributed by atoms with Crippen LogP contribution in [-0.4, -0.2) is 26.6 Å². The van der Waals surface area contributed by atoms with Crippen LogP contribution in [0.2, 0.25) is 5.02 Å². The number of benzene rings is 1. The number of nitrogens with zero attached hydrogens (tertiary/aromatic N) is 3. The molecule has 1 aromatic carbocycles. The van der Waals surface area contributed by atoms with Gasteiger partial charge < -0.3 is 5.32 Å². The molecule has 2 aromatic rings. The van der Waals surface area contributed by atoms with Crippen LogP contribution in [0.15, 0.2) is 24.5 Å². The molecule has 0 bridgehead atoms. The monoisotopic (exact) mass is 305 g/mol. The second-order valence-electron chi connectivity index (χ2n) is 4.75. The van der Waals surface area contributed by atoms with E-state index < -0.39 is 6.04 Å². The van der Waals surface area contributed by atoms with Crippen LogP contribution in [0.3, 0.4) is 0 Å². The van der Waals surface area contributed by atoms with E-state index in [-0.39, 0.29) is 18.2 Å². The lowest BCUT2D eigenvalue weighted by Gasteiger charge is -2.10. The van der Waals surface area contributed by atoms with Gasteiger partial charge in [0.05, 0.1) is 6.42 Å². The summed E-state index contributed by atoms with van der Waals surface area (Å²) in [4.78, 5) is 27.7. The molecule has 0 spiro atoms. The SMILES string of the molecule is Cc1ccc(NC(=O)C[C@H]2C(=O)Nc3ncnn32)cc1Cl. The quantitative estimate of drug-likeness (QED) is 0.904. The zero-order valence-electron chi connectivity index (χ0n) is 11.1. The number of carbonyl (C=O) groups excluding carboxylic acids is 2. The summed E-state index contributed by atoms with van der Waals surface area (Å²) in [5.74, 6) is -0.225. The van der Waals surface area contributed by atoms with Crippen molar-refractivity contribution in [2.45, 2.75) is 19.4 Å². The molecule has 1 atom stereocenters. The molecular weight excluding hydrogens is 294 g/mol. The predicted octanol–water partition coefficient (Wildman–Crippen LogP) is 1.76. The van der Waals surface area contributed by atoms with Crippen molar-refractivity contribution >= 4 is 35.1 Å². The standard InChI is InChI=1S/C13H12ClN5O2/c1-7-2-3-8(4-9(7)14)17-11(20)5-10-12(21)18-13-15-6-16-19(10)13/h2-4,6,10H,5H2,1H3,(H,17,20)(H,15,16,18,21)/t10-/m0/s1. The zero-order chi connectivity index (χ0) is 15.0. The average Bonchev–Trinajstić information content (AvgIpc) is 2.97. The molecule has 1 aliphatic heterocycles. The topological polar surface area (TPSA) is 88.9 Å². The molecule has 0 unspecified atom stereocenters. The summed E-state index contributed by atoms with van der Waals surface area (Å²) in [6, 6.07) is 4.57. The third-order valence-electron chi connectivity index (χ3n) is 3.24. The Kier molecular flexibility index (Phi) is 3.34. The van der Waals surface area contributed by atoms with E-state index in [0.717, 1.165) is 5.56 Å². The zero-order valence-corrected chi connectivity index (χ0v) is 11.9. The van der Waals surface area contributed by atoms with Gasteiger partial charge >= 0.3 is 0 Å². The summed E-state index contributed by atoms with van der Waals surface area (Å²) < 4.78 is 1.41. The van der Waals surface area contributed by atoms with Gasteiger partial charge in [0.25, 0.3) is 5.91 Å². The van der Waals surface area contributed by atoms with Gasteiger partial charge in [-0.1, -0.05) is 17.7 Å². The minimum Gasteiger partial charge on any atom is -0.326 e. The van der Waals surface area contributed by atoms with E-state index in [1.807, 2.05) is 13.0 Å². The number of rotatable bonds is 3. The molecule has 0 saturated heterocycles. The Balaban J connectivity index is 1.70. The van der Waals surface area contributed by atoms with Gasteiger partial charge in [-0.2, -0.15) is 10.1 Å². The first kappa shape index (κ1) is 13.6. The maximum Gasteiger partial charge on any atom is 0.252 e. The van der Waals surface area contributed by atoms with Gasteiger partial charge in [-0.25, -0.2) is 4.68 Å². The number of aryl methyl sites for hydroxylation is 1. The Bertz CT molecular complexity index is 727. The minimum absolute atomic E-state index is 0.0201. The van der Waals surface area contributed by atoms with Crippen molar-refractivity contribution in [3.63, 3.8) is 0 Å². The van der Waals surface area contributed by atoms with Gasteiger partial charge in [0.1, 0.15) is 12.4 Å². The predicted molar refractivity (Wildman–Crippen MR) is 77.1 cm³/mol. The van der Waals surface area contributed by atoms with E-state index in [0.29, 0.717) is 16.7 Å². The average molecular weight is 306 g/mol. The van der Waals surface area contributed by atoms with Crippen molar-refractivity contribution in [2.75, 3.05) is 10.6 Å². The van der Waals surface area contributed by atoms with Crippen molar-refractivity contribution < 1.29 is 9.59 Å². The highest BCUT2D eigenvalue weighted by Gasteiger charge is 2.33. The molecular formula is C13H12ClN5O2. The maximum atomic E-state index is 12.0. The summed E-state index contributed by atoms with van der Waals surface area (Å²) in [5, 5.41) is 9.79. The molecule has 21 heavy (non-hydrogen) atoms. The molecule has 8 heteroatoms. The fourth-order valence-electron chi connectivity index (χ4n) is 2.11. The summed E-state index contributed by atoms with van der Waals surface area (Å²) >= 11 is 6.01. The highest BCUT2D eigenvalue weighted by atomic mass is 35.5. The maximum absolute atomic E-state index is 12.0. The highest BCUT2D eigenvalue weighted by molar-refractivity contribution is 6.31. The van der Waals surface area contributed by atoms with Crippen LogP contribution in [0.5, 0.6) is 0 Å². The van der Waals surface area contributed by atoms with Crippen LogP contribution in [-0.2, 0) is 9.59 Å². The number of hydrogen-bond acceptors (Lipinski definition) is 4. The molecule has 0 saturated carbocycles. The van der Waals surface area contributed by atoms with Crippen LogP contribution in [0.1, 0.15) is 18.0 Å². The van der Waals surface area contributed by atoms with Crippen LogP contribution < -0.4 is 10.6 Å². The number of amides is 2. The molecule has 0 fully saturated rings. The van der Waals surface area contributed by atoms with E-state index in [1.54, 1.807) is 12.1 Å². The number of aromatic nitrogens is 3. The van der Waals surface area contributed by atoms with Crippen molar-refractivity contribution in [3.05, 3.63) is 35.1 Å². The first-order valence-corrected chi connectivity index (χ1v) is 6.69.